The van der Waals surface area contributed by atoms with Gasteiger partial charge in [-0.05, 0) is 37.8 Å². The molecule has 3 N–H and O–H groups in total. The molecule has 27 heavy (non-hydrogen) atoms. The van der Waals surface area contributed by atoms with Crippen LogP contribution in [0.3, 0.4) is 0 Å². The summed E-state index contributed by atoms with van der Waals surface area (Å²) in [6, 6.07) is 10.0. The highest BCUT2D eigenvalue weighted by Crippen LogP contribution is 2.16. The smallest absolute Gasteiger partial charge is 0.215 e. The molecule has 2 rings (SSSR count). The van der Waals surface area contributed by atoms with E-state index < -0.39 is 10.0 Å². The lowest BCUT2D eigenvalue weighted by molar-refractivity contribution is 0.372. The van der Waals surface area contributed by atoms with Crippen LogP contribution in [0.2, 0.25) is 0 Å². The van der Waals surface area contributed by atoms with Crippen molar-refractivity contribution in [2.75, 3.05) is 26.2 Å². The first-order chi connectivity index (χ1) is 12.2. The second kappa shape index (κ2) is 15.5. The number of rotatable bonds is 12. The molecule has 1 aliphatic carbocycles. The van der Waals surface area contributed by atoms with Crippen LogP contribution in [0, 0.1) is 0 Å². The van der Waals surface area contributed by atoms with Gasteiger partial charge in [-0.25, -0.2) is 13.1 Å². The first-order valence-electron chi connectivity index (χ1n) is 9.61. The third-order valence-electron chi connectivity index (χ3n) is 4.64. The SMILES string of the molecule is Cl.Cl.O=S(=O)(Cc1ccccc1)NCCCCNCCNC1CCCCC1. The number of sulfonamides is 1. The zero-order chi connectivity index (χ0) is 17.8. The topological polar surface area (TPSA) is 70.2 Å². The Kier molecular flexibility index (Phi) is 15.3. The molecule has 8 heteroatoms. The maximum Gasteiger partial charge on any atom is 0.215 e. The normalized spacial score (nSPS) is 15.0. The fourth-order valence-corrected chi connectivity index (χ4v) is 4.43. The van der Waals surface area contributed by atoms with Gasteiger partial charge in [-0.2, -0.15) is 0 Å². The van der Waals surface area contributed by atoms with Crippen LogP contribution >= 0.6 is 24.8 Å². The zero-order valence-electron chi connectivity index (χ0n) is 16.0. The van der Waals surface area contributed by atoms with Crippen LogP contribution in [-0.4, -0.2) is 40.6 Å². The molecule has 0 atom stereocenters. The Bertz CT molecular complexity index is 568. The van der Waals surface area contributed by atoms with Gasteiger partial charge in [-0.15, -0.1) is 24.8 Å². The predicted molar refractivity (Wildman–Crippen MR) is 119 cm³/mol. The van der Waals surface area contributed by atoms with Crippen molar-refractivity contribution in [3.8, 4) is 0 Å². The molecule has 1 saturated carbocycles. The molecule has 5 nitrogen and oxygen atoms in total. The molecule has 158 valence electrons. The number of hydrogen-bond donors (Lipinski definition) is 3. The number of benzene rings is 1. The Morgan fingerprint density at radius 1 is 0.852 bits per heavy atom. The minimum absolute atomic E-state index is 0. The molecular formula is C19H35Cl2N3O2S. The van der Waals surface area contributed by atoms with Crippen molar-refractivity contribution < 1.29 is 8.42 Å². The standard InChI is InChI=1S/C19H33N3O2S.2ClH/c23-25(24,17-18-9-3-1-4-10-18)22-14-8-7-13-20-15-16-21-19-11-5-2-6-12-19;;/h1,3-4,9-10,19-22H,2,5-8,11-17H2;2*1H. The van der Waals surface area contributed by atoms with Crippen LogP contribution < -0.4 is 15.4 Å². The molecule has 0 radical (unpaired) electrons. The highest BCUT2D eigenvalue weighted by Gasteiger charge is 2.12. The Morgan fingerprint density at radius 2 is 1.52 bits per heavy atom. The number of halogens is 2. The van der Waals surface area contributed by atoms with E-state index in [1.54, 1.807) is 0 Å². The third-order valence-corrected chi connectivity index (χ3v) is 6.00. The van der Waals surface area contributed by atoms with Gasteiger partial charge >= 0.3 is 0 Å². The Labute approximate surface area is 177 Å². The van der Waals surface area contributed by atoms with Crippen LogP contribution in [-0.2, 0) is 15.8 Å². The lowest BCUT2D eigenvalue weighted by Crippen LogP contribution is -2.36. The van der Waals surface area contributed by atoms with E-state index in [9.17, 15) is 8.42 Å². The zero-order valence-corrected chi connectivity index (χ0v) is 18.4. The summed E-state index contributed by atoms with van der Waals surface area (Å²) in [5, 5.41) is 7.04. The van der Waals surface area contributed by atoms with Crippen LogP contribution in [0.5, 0.6) is 0 Å². The first-order valence-corrected chi connectivity index (χ1v) is 11.3. The summed E-state index contributed by atoms with van der Waals surface area (Å²) in [6.45, 7) is 3.45. The monoisotopic (exact) mass is 439 g/mol. The number of nitrogens with one attached hydrogen (secondary N) is 3. The van der Waals surface area contributed by atoms with Crippen LogP contribution in [0.15, 0.2) is 30.3 Å². The molecule has 0 saturated heterocycles. The minimum atomic E-state index is -3.23. The predicted octanol–water partition coefficient (Wildman–Crippen LogP) is 3.24. The lowest BCUT2D eigenvalue weighted by Gasteiger charge is -2.22. The van der Waals surface area contributed by atoms with Gasteiger partial charge in [-0.1, -0.05) is 49.6 Å². The fourth-order valence-electron chi connectivity index (χ4n) is 3.24. The quantitative estimate of drug-likeness (QED) is 0.437. The highest BCUT2D eigenvalue weighted by molar-refractivity contribution is 7.88. The van der Waals surface area contributed by atoms with E-state index in [-0.39, 0.29) is 30.6 Å². The molecule has 1 aromatic rings. The molecule has 0 unspecified atom stereocenters. The molecule has 0 amide bonds. The number of hydrogen-bond acceptors (Lipinski definition) is 4. The first kappa shape index (κ1) is 26.6. The Morgan fingerprint density at radius 3 is 2.22 bits per heavy atom. The van der Waals surface area contributed by atoms with E-state index in [1.807, 2.05) is 30.3 Å². The van der Waals surface area contributed by atoms with Gasteiger partial charge in [0.15, 0.2) is 0 Å². The second-order valence-corrected chi connectivity index (χ2v) is 8.69. The molecule has 0 spiro atoms. The summed E-state index contributed by atoms with van der Waals surface area (Å²) >= 11 is 0. The molecule has 1 fully saturated rings. The minimum Gasteiger partial charge on any atom is -0.315 e. The van der Waals surface area contributed by atoms with Crippen molar-refractivity contribution in [1.29, 1.82) is 0 Å². The van der Waals surface area contributed by atoms with Crippen molar-refractivity contribution in [1.82, 2.24) is 15.4 Å². The highest BCUT2D eigenvalue weighted by atomic mass is 35.5. The van der Waals surface area contributed by atoms with E-state index >= 15 is 0 Å². The van der Waals surface area contributed by atoms with Crippen molar-refractivity contribution >= 4 is 34.8 Å². The average molecular weight is 440 g/mol. The molecule has 0 aromatic heterocycles. The largest absolute Gasteiger partial charge is 0.315 e. The lowest BCUT2D eigenvalue weighted by atomic mass is 9.95. The van der Waals surface area contributed by atoms with Crippen LogP contribution in [0.1, 0.15) is 50.5 Å². The van der Waals surface area contributed by atoms with E-state index in [1.165, 1.54) is 32.1 Å². The summed E-state index contributed by atoms with van der Waals surface area (Å²) in [6.07, 6.45) is 8.61. The van der Waals surface area contributed by atoms with E-state index in [4.69, 9.17) is 0 Å². The molecule has 0 bridgehead atoms. The molecular weight excluding hydrogens is 405 g/mol. The van der Waals surface area contributed by atoms with E-state index in [0.717, 1.165) is 44.1 Å². The fraction of sp³-hybridized carbons (Fsp3) is 0.684. The summed E-state index contributed by atoms with van der Waals surface area (Å²) in [4.78, 5) is 0. The van der Waals surface area contributed by atoms with Gasteiger partial charge in [0, 0.05) is 25.7 Å². The summed E-state index contributed by atoms with van der Waals surface area (Å²) in [5.74, 6) is 0.0545. The Hall–Kier alpha value is -0.370. The van der Waals surface area contributed by atoms with Gasteiger partial charge in [0.05, 0.1) is 5.75 Å². The molecule has 0 aliphatic heterocycles. The Balaban J connectivity index is 0.00000338. The van der Waals surface area contributed by atoms with Crippen LogP contribution in [0.4, 0.5) is 0 Å². The van der Waals surface area contributed by atoms with Gasteiger partial charge in [0.1, 0.15) is 0 Å². The summed E-state index contributed by atoms with van der Waals surface area (Å²) in [7, 11) is -3.23. The van der Waals surface area contributed by atoms with Crippen molar-refractivity contribution in [3.05, 3.63) is 35.9 Å². The maximum atomic E-state index is 12.0. The average Bonchev–Trinajstić information content (AvgIpc) is 2.61. The molecule has 1 aliphatic rings. The molecule has 1 aromatic carbocycles. The van der Waals surface area contributed by atoms with Crippen molar-refractivity contribution in [2.45, 2.75) is 56.7 Å². The van der Waals surface area contributed by atoms with Gasteiger partial charge in [-0.3, -0.25) is 0 Å². The van der Waals surface area contributed by atoms with Gasteiger partial charge in [0.25, 0.3) is 0 Å². The van der Waals surface area contributed by atoms with Crippen molar-refractivity contribution in [3.63, 3.8) is 0 Å². The van der Waals surface area contributed by atoms with Crippen molar-refractivity contribution in [2.24, 2.45) is 0 Å². The summed E-state index contributed by atoms with van der Waals surface area (Å²) < 4.78 is 26.7. The van der Waals surface area contributed by atoms with Gasteiger partial charge < -0.3 is 10.6 Å². The number of unbranched alkanes of at least 4 members (excludes halogenated alkanes) is 1. The van der Waals surface area contributed by atoms with E-state index in [2.05, 4.69) is 15.4 Å². The second-order valence-electron chi connectivity index (χ2n) is 6.89. The third kappa shape index (κ3) is 12.7. The van der Waals surface area contributed by atoms with E-state index in [0.29, 0.717) is 6.54 Å². The summed E-state index contributed by atoms with van der Waals surface area (Å²) in [5.41, 5.74) is 0.821. The maximum absolute atomic E-state index is 12.0. The van der Waals surface area contributed by atoms with Crippen LogP contribution in [0.25, 0.3) is 0 Å². The van der Waals surface area contributed by atoms with Gasteiger partial charge in [0.2, 0.25) is 10.0 Å². The molecule has 0 heterocycles.